The van der Waals surface area contributed by atoms with E-state index in [9.17, 15) is 23.3 Å². The largest absolute Gasteiger partial charge is 0.495 e. The first-order chi connectivity index (χ1) is 12.2. The van der Waals surface area contributed by atoms with E-state index in [2.05, 4.69) is 5.32 Å². The molecule has 2 aromatic rings. The Morgan fingerprint density at radius 3 is 2.27 bits per heavy atom. The Hall–Kier alpha value is -2.98. The van der Waals surface area contributed by atoms with E-state index >= 15 is 0 Å². The number of carbonyl (C=O) groups excluding carboxylic acids is 1. The fourth-order valence-corrected chi connectivity index (χ4v) is 2.99. The number of nitrogens with one attached hydrogen (secondary N) is 1. The maximum atomic E-state index is 12.4. The topological polar surface area (TPSA) is 119 Å². The zero-order chi connectivity index (χ0) is 19.5. The molecule has 0 fully saturated rings. The van der Waals surface area contributed by atoms with Gasteiger partial charge in [0.05, 0.1) is 22.6 Å². The molecule has 0 radical (unpaired) electrons. The van der Waals surface area contributed by atoms with Crippen LogP contribution in [0, 0.1) is 10.1 Å². The van der Waals surface area contributed by atoms with Crippen molar-refractivity contribution in [1.82, 2.24) is 4.31 Å². The van der Waals surface area contributed by atoms with Crippen molar-refractivity contribution >= 4 is 27.3 Å². The zero-order valence-corrected chi connectivity index (χ0v) is 15.1. The molecule has 0 spiro atoms. The third-order valence-electron chi connectivity index (χ3n) is 3.54. The fourth-order valence-electron chi connectivity index (χ4n) is 2.09. The van der Waals surface area contributed by atoms with Gasteiger partial charge in [0.25, 0.3) is 11.6 Å². The average molecular weight is 379 g/mol. The fraction of sp³-hybridized carbons (Fsp3) is 0.188. The van der Waals surface area contributed by atoms with Gasteiger partial charge in [0, 0.05) is 31.8 Å². The highest BCUT2D eigenvalue weighted by Crippen LogP contribution is 2.29. The lowest BCUT2D eigenvalue weighted by atomic mass is 10.2. The van der Waals surface area contributed by atoms with Gasteiger partial charge in [-0.25, -0.2) is 12.7 Å². The highest BCUT2D eigenvalue weighted by molar-refractivity contribution is 7.89. The molecule has 26 heavy (non-hydrogen) atoms. The quantitative estimate of drug-likeness (QED) is 0.606. The number of nitro groups is 1. The second-order valence-corrected chi connectivity index (χ2v) is 7.56. The standard InChI is InChI=1S/C16H17N3O6S/c1-18(2)26(23,24)13-7-4-11(5-8-13)16(20)17-14-10-12(19(21)22)6-9-15(14)25-3/h4-10H,1-3H3,(H,17,20). The summed E-state index contributed by atoms with van der Waals surface area (Å²) in [7, 11) is 0.590. The van der Waals surface area contributed by atoms with Gasteiger partial charge in [-0.3, -0.25) is 14.9 Å². The summed E-state index contributed by atoms with van der Waals surface area (Å²) < 4.78 is 30.2. The Kier molecular flexibility index (Phi) is 5.58. The Labute approximate surface area is 150 Å². The van der Waals surface area contributed by atoms with Gasteiger partial charge < -0.3 is 10.1 Å². The number of hydrogen-bond acceptors (Lipinski definition) is 6. The Morgan fingerprint density at radius 1 is 1.15 bits per heavy atom. The van der Waals surface area contributed by atoms with Crippen LogP contribution < -0.4 is 10.1 Å². The number of non-ortho nitro benzene ring substituents is 1. The predicted molar refractivity (Wildman–Crippen MR) is 94.9 cm³/mol. The summed E-state index contributed by atoms with van der Waals surface area (Å²) in [5, 5.41) is 13.4. The summed E-state index contributed by atoms with van der Waals surface area (Å²) in [5.41, 5.74) is 0.126. The van der Waals surface area contributed by atoms with Crippen LogP contribution in [0.5, 0.6) is 5.75 Å². The zero-order valence-electron chi connectivity index (χ0n) is 14.3. The number of rotatable bonds is 6. The Balaban J connectivity index is 2.28. The second-order valence-electron chi connectivity index (χ2n) is 5.41. The molecule has 0 bridgehead atoms. The van der Waals surface area contributed by atoms with Crippen molar-refractivity contribution in [2.24, 2.45) is 0 Å². The number of hydrogen-bond donors (Lipinski definition) is 1. The number of ether oxygens (including phenoxy) is 1. The third kappa shape index (κ3) is 3.98. The number of nitrogens with zero attached hydrogens (tertiary/aromatic N) is 2. The summed E-state index contributed by atoms with van der Waals surface area (Å²) in [5.74, 6) is -0.298. The first-order valence-electron chi connectivity index (χ1n) is 7.33. The van der Waals surface area contributed by atoms with Gasteiger partial charge in [0.2, 0.25) is 10.0 Å². The van der Waals surface area contributed by atoms with E-state index in [0.717, 1.165) is 4.31 Å². The van der Waals surface area contributed by atoms with Gasteiger partial charge >= 0.3 is 0 Å². The molecule has 1 N–H and O–H groups in total. The molecule has 0 unspecified atom stereocenters. The number of sulfonamides is 1. The summed E-state index contributed by atoms with van der Waals surface area (Å²) in [4.78, 5) is 22.7. The Bertz CT molecular complexity index is 939. The minimum Gasteiger partial charge on any atom is -0.495 e. The van der Waals surface area contributed by atoms with E-state index in [0.29, 0.717) is 0 Å². The van der Waals surface area contributed by atoms with E-state index in [1.165, 1.54) is 63.7 Å². The number of amides is 1. The molecule has 1 amide bonds. The van der Waals surface area contributed by atoms with Crippen LogP contribution in [-0.4, -0.2) is 44.8 Å². The van der Waals surface area contributed by atoms with Gasteiger partial charge in [0.1, 0.15) is 5.75 Å². The monoisotopic (exact) mass is 379 g/mol. The normalized spacial score (nSPS) is 11.2. The molecular weight excluding hydrogens is 362 g/mol. The minimum absolute atomic E-state index is 0.0481. The van der Waals surface area contributed by atoms with Crippen LogP contribution >= 0.6 is 0 Å². The van der Waals surface area contributed by atoms with Gasteiger partial charge in [-0.05, 0) is 30.3 Å². The number of methoxy groups -OCH3 is 1. The van der Waals surface area contributed by atoms with Crippen LogP contribution in [0.25, 0.3) is 0 Å². The molecule has 0 saturated heterocycles. The number of carbonyl (C=O) groups is 1. The molecule has 0 saturated carbocycles. The molecule has 2 aromatic carbocycles. The van der Waals surface area contributed by atoms with Crippen LogP contribution in [0.2, 0.25) is 0 Å². The van der Waals surface area contributed by atoms with Crippen LogP contribution in [0.15, 0.2) is 47.4 Å². The second kappa shape index (κ2) is 7.50. The molecule has 0 heterocycles. The van der Waals surface area contributed by atoms with E-state index < -0.39 is 20.9 Å². The predicted octanol–water partition coefficient (Wildman–Crippen LogP) is 2.11. The van der Waals surface area contributed by atoms with Crippen LogP contribution in [0.1, 0.15) is 10.4 Å². The van der Waals surface area contributed by atoms with E-state index in [-0.39, 0.29) is 27.6 Å². The SMILES string of the molecule is COc1ccc([N+](=O)[O-])cc1NC(=O)c1ccc(S(=O)(=O)N(C)C)cc1. The van der Waals surface area contributed by atoms with Gasteiger partial charge in [-0.1, -0.05) is 0 Å². The lowest BCUT2D eigenvalue weighted by molar-refractivity contribution is -0.384. The first-order valence-corrected chi connectivity index (χ1v) is 8.77. The van der Waals surface area contributed by atoms with Crippen LogP contribution in [0.4, 0.5) is 11.4 Å². The molecule has 138 valence electrons. The van der Waals surface area contributed by atoms with Crippen molar-refractivity contribution in [2.75, 3.05) is 26.5 Å². The van der Waals surface area contributed by atoms with Crippen LogP contribution in [0.3, 0.4) is 0 Å². The molecule has 0 aliphatic rings. The lowest BCUT2D eigenvalue weighted by Gasteiger charge is -2.12. The highest BCUT2D eigenvalue weighted by atomic mass is 32.2. The molecule has 2 rings (SSSR count). The highest BCUT2D eigenvalue weighted by Gasteiger charge is 2.18. The van der Waals surface area contributed by atoms with E-state index in [1.807, 2.05) is 0 Å². The van der Waals surface area contributed by atoms with Crippen molar-refractivity contribution in [3.8, 4) is 5.75 Å². The van der Waals surface area contributed by atoms with Crippen molar-refractivity contribution in [2.45, 2.75) is 4.90 Å². The van der Waals surface area contributed by atoms with Gasteiger partial charge in [-0.15, -0.1) is 0 Å². The maximum absolute atomic E-state index is 12.4. The smallest absolute Gasteiger partial charge is 0.271 e. The molecule has 0 aliphatic carbocycles. The summed E-state index contributed by atoms with van der Waals surface area (Å²) in [6.07, 6.45) is 0. The molecule has 0 atom stereocenters. The molecular formula is C16H17N3O6S. The lowest BCUT2D eigenvalue weighted by Crippen LogP contribution is -2.22. The van der Waals surface area contributed by atoms with E-state index in [1.54, 1.807) is 0 Å². The third-order valence-corrected chi connectivity index (χ3v) is 5.37. The van der Waals surface area contributed by atoms with Crippen molar-refractivity contribution in [1.29, 1.82) is 0 Å². The van der Waals surface area contributed by atoms with Gasteiger partial charge in [0.15, 0.2) is 0 Å². The first kappa shape index (κ1) is 19.3. The molecule has 0 aliphatic heterocycles. The number of anilines is 1. The van der Waals surface area contributed by atoms with Crippen molar-refractivity contribution < 1.29 is 22.9 Å². The van der Waals surface area contributed by atoms with Crippen molar-refractivity contribution in [3.63, 3.8) is 0 Å². The molecule has 9 nitrogen and oxygen atoms in total. The van der Waals surface area contributed by atoms with Gasteiger partial charge in [-0.2, -0.15) is 0 Å². The summed E-state index contributed by atoms with van der Waals surface area (Å²) >= 11 is 0. The molecule has 10 heteroatoms. The molecule has 0 aromatic heterocycles. The maximum Gasteiger partial charge on any atom is 0.271 e. The van der Waals surface area contributed by atoms with E-state index in [4.69, 9.17) is 4.74 Å². The number of benzene rings is 2. The van der Waals surface area contributed by atoms with Crippen molar-refractivity contribution in [3.05, 3.63) is 58.1 Å². The minimum atomic E-state index is -3.60. The summed E-state index contributed by atoms with van der Waals surface area (Å²) in [6, 6.07) is 9.16. The average Bonchev–Trinajstić information content (AvgIpc) is 2.61. The van der Waals surface area contributed by atoms with Crippen LogP contribution in [-0.2, 0) is 10.0 Å². The number of nitro benzene ring substituents is 1. The summed E-state index contributed by atoms with van der Waals surface area (Å²) in [6.45, 7) is 0. The Morgan fingerprint density at radius 2 is 1.77 bits per heavy atom.